The zero-order valence-corrected chi connectivity index (χ0v) is 15.8. The molecule has 7 heteroatoms. The van der Waals surface area contributed by atoms with Crippen molar-refractivity contribution in [1.82, 2.24) is 24.6 Å². The molecule has 4 rings (SSSR count). The first-order chi connectivity index (χ1) is 13.1. The van der Waals surface area contributed by atoms with Crippen LogP contribution in [0.15, 0.2) is 35.1 Å². The number of nitrogens with zero attached hydrogens (tertiary/aromatic N) is 4. The molecule has 0 saturated carbocycles. The maximum atomic E-state index is 12.9. The third-order valence-electron chi connectivity index (χ3n) is 5.94. The number of nitrogens with one attached hydrogen (secondary N) is 1. The molecule has 0 unspecified atom stereocenters. The molecule has 0 aliphatic carbocycles. The monoisotopic (exact) mass is 369 g/mol. The molecule has 3 heterocycles. The third kappa shape index (κ3) is 3.56. The molecule has 1 N–H and O–H groups in total. The van der Waals surface area contributed by atoms with E-state index < -0.39 is 0 Å². The molecule has 0 bridgehead atoms. The van der Waals surface area contributed by atoms with Crippen molar-refractivity contribution in [3.8, 4) is 5.69 Å². The number of hydrogen-bond acceptors (Lipinski definition) is 4. The highest BCUT2D eigenvalue weighted by Gasteiger charge is 2.33. The van der Waals surface area contributed by atoms with E-state index in [0.29, 0.717) is 0 Å². The number of rotatable bonds is 3. The average Bonchev–Trinajstić information content (AvgIpc) is 3.10. The summed E-state index contributed by atoms with van der Waals surface area (Å²) < 4.78 is 1.66. The number of carbonyl (C=O) groups excluding carboxylic acids is 1. The maximum absolute atomic E-state index is 12.9. The Morgan fingerprint density at radius 1 is 1.07 bits per heavy atom. The van der Waals surface area contributed by atoms with Crippen molar-refractivity contribution in [3.63, 3.8) is 0 Å². The van der Waals surface area contributed by atoms with Gasteiger partial charge in [0.05, 0.1) is 11.7 Å². The standard InChI is InChI=1S/C20H27N5O2/c1-23-12-6-5-9-17(23)19(26)24-13-10-15(11-14-24)18-21-22-20(27)25(18)16-7-3-2-4-8-16/h2-4,7-8,15,17H,5-6,9-14H2,1H3,(H,22,27)/t17-/m0/s1. The Kier molecular flexibility index (Phi) is 5.11. The van der Waals surface area contributed by atoms with Crippen LogP contribution in [0.1, 0.15) is 43.8 Å². The fraction of sp³-hybridized carbons (Fsp3) is 0.550. The number of H-pyrrole nitrogens is 1. The maximum Gasteiger partial charge on any atom is 0.347 e. The molecule has 0 spiro atoms. The van der Waals surface area contributed by atoms with Crippen LogP contribution in [0, 0.1) is 0 Å². The molecule has 0 radical (unpaired) electrons. The molecule has 27 heavy (non-hydrogen) atoms. The Bertz CT molecular complexity index is 836. The zero-order chi connectivity index (χ0) is 18.8. The molecular weight excluding hydrogens is 342 g/mol. The first-order valence-electron chi connectivity index (χ1n) is 9.87. The number of para-hydroxylation sites is 1. The topological polar surface area (TPSA) is 74.2 Å². The van der Waals surface area contributed by atoms with Crippen LogP contribution in [0.2, 0.25) is 0 Å². The van der Waals surface area contributed by atoms with Gasteiger partial charge in [-0.15, -0.1) is 0 Å². The summed E-state index contributed by atoms with van der Waals surface area (Å²) in [7, 11) is 2.05. The fourth-order valence-corrected chi connectivity index (χ4v) is 4.37. The van der Waals surface area contributed by atoms with Crippen molar-refractivity contribution in [3.05, 3.63) is 46.6 Å². The summed E-state index contributed by atoms with van der Waals surface area (Å²) in [4.78, 5) is 29.4. The second kappa shape index (κ2) is 7.68. The van der Waals surface area contributed by atoms with E-state index in [1.165, 1.54) is 6.42 Å². The predicted octanol–water partition coefficient (Wildman–Crippen LogP) is 1.75. The van der Waals surface area contributed by atoms with E-state index in [9.17, 15) is 9.59 Å². The van der Waals surface area contributed by atoms with Crippen LogP contribution in [-0.2, 0) is 4.79 Å². The summed E-state index contributed by atoms with van der Waals surface area (Å²) >= 11 is 0. The molecule has 2 aromatic rings. The van der Waals surface area contributed by atoms with Crippen LogP contribution in [-0.4, -0.2) is 63.2 Å². The minimum atomic E-state index is -0.210. The summed E-state index contributed by atoms with van der Waals surface area (Å²) in [5.74, 6) is 1.21. The second-order valence-corrected chi connectivity index (χ2v) is 7.65. The van der Waals surface area contributed by atoms with Crippen molar-refractivity contribution in [2.75, 3.05) is 26.7 Å². The summed E-state index contributed by atoms with van der Waals surface area (Å²) in [5.41, 5.74) is 0.618. The van der Waals surface area contributed by atoms with E-state index in [2.05, 4.69) is 22.1 Å². The van der Waals surface area contributed by atoms with Gasteiger partial charge in [0.25, 0.3) is 0 Å². The van der Waals surface area contributed by atoms with Crippen molar-refractivity contribution in [2.24, 2.45) is 0 Å². The quantitative estimate of drug-likeness (QED) is 0.895. The summed E-state index contributed by atoms with van der Waals surface area (Å²) in [6.07, 6.45) is 4.94. The molecule has 1 aromatic heterocycles. The van der Waals surface area contributed by atoms with Gasteiger partial charge in [0.1, 0.15) is 5.82 Å². The van der Waals surface area contributed by atoms with Gasteiger partial charge in [0, 0.05) is 19.0 Å². The number of hydrogen-bond donors (Lipinski definition) is 1. The van der Waals surface area contributed by atoms with E-state index in [4.69, 9.17) is 0 Å². The van der Waals surface area contributed by atoms with Gasteiger partial charge in [0.15, 0.2) is 0 Å². The third-order valence-corrected chi connectivity index (χ3v) is 5.94. The van der Waals surface area contributed by atoms with E-state index in [1.807, 2.05) is 35.2 Å². The van der Waals surface area contributed by atoms with Gasteiger partial charge in [-0.1, -0.05) is 24.6 Å². The lowest BCUT2D eigenvalue weighted by Gasteiger charge is -2.38. The fourth-order valence-electron chi connectivity index (χ4n) is 4.37. The van der Waals surface area contributed by atoms with Crippen molar-refractivity contribution in [2.45, 2.75) is 44.1 Å². The molecular formula is C20H27N5O2. The van der Waals surface area contributed by atoms with Crippen LogP contribution in [0.25, 0.3) is 5.69 Å². The predicted molar refractivity (Wildman–Crippen MR) is 103 cm³/mol. The summed E-state index contributed by atoms with van der Waals surface area (Å²) in [6, 6.07) is 9.63. The van der Waals surface area contributed by atoms with Crippen LogP contribution in [0.4, 0.5) is 0 Å². The Morgan fingerprint density at radius 3 is 2.52 bits per heavy atom. The highest BCUT2D eigenvalue weighted by atomic mass is 16.2. The van der Waals surface area contributed by atoms with E-state index in [0.717, 1.165) is 56.8 Å². The number of benzene rings is 1. The van der Waals surface area contributed by atoms with Gasteiger partial charge in [-0.25, -0.2) is 14.5 Å². The molecule has 7 nitrogen and oxygen atoms in total. The second-order valence-electron chi connectivity index (χ2n) is 7.65. The van der Waals surface area contributed by atoms with Crippen molar-refractivity contribution in [1.29, 1.82) is 0 Å². The highest BCUT2D eigenvalue weighted by molar-refractivity contribution is 5.82. The molecule has 2 aliphatic heterocycles. The lowest BCUT2D eigenvalue weighted by atomic mass is 9.94. The molecule has 1 atom stereocenters. The van der Waals surface area contributed by atoms with E-state index >= 15 is 0 Å². The molecule has 1 amide bonds. The van der Waals surface area contributed by atoms with Crippen LogP contribution < -0.4 is 5.69 Å². The van der Waals surface area contributed by atoms with Gasteiger partial charge < -0.3 is 4.90 Å². The van der Waals surface area contributed by atoms with Gasteiger partial charge in [-0.2, -0.15) is 5.10 Å². The lowest BCUT2D eigenvalue weighted by Crippen LogP contribution is -2.51. The first-order valence-corrected chi connectivity index (χ1v) is 9.87. The Labute approximate surface area is 159 Å². The first kappa shape index (κ1) is 18.0. The van der Waals surface area contributed by atoms with Crippen molar-refractivity contribution < 1.29 is 4.79 Å². The van der Waals surface area contributed by atoms with E-state index in [-0.39, 0.29) is 23.6 Å². The highest BCUT2D eigenvalue weighted by Crippen LogP contribution is 2.28. The number of carbonyl (C=O) groups is 1. The normalized spacial score (nSPS) is 22.1. The molecule has 2 saturated heterocycles. The van der Waals surface area contributed by atoms with Gasteiger partial charge in [0.2, 0.25) is 5.91 Å². The lowest BCUT2D eigenvalue weighted by molar-refractivity contribution is -0.138. The minimum Gasteiger partial charge on any atom is -0.341 e. The Balaban J connectivity index is 1.46. The average molecular weight is 369 g/mol. The Hall–Kier alpha value is -2.41. The van der Waals surface area contributed by atoms with Crippen LogP contribution >= 0.6 is 0 Å². The number of aromatic nitrogens is 3. The zero-order valence-electron chi connectivity index (χ0n) is 15.8. The molecule has 1 aromatic carbocycles. The molecule has 2 fully saturated rings. The largest absolute Gasteiger partial charge is 0.347 e. The number of likely N-dealkylation sites (tertiary alicyclic amines) is 2. The smallest absolute Gasteiger partial charge is 0.341 e. The summed E-state index contributed by atoms with van der Waals surface area (Å²) in [6.45, 7) is 2.46. The number of piperidine rings is 2. The van der Waals surface area contributed by atoms with E-state index in [1.54, 1.807) is 4.57 Å². The molecule has 2 aliphatic rings. The van der Waals surface area contributed by atoms with Crippen LogP contribution in [0.5, 0.6) is 0 Å². The number of amides is 1. The minimum absolute atomic E-state index is 0.0307. The Morgan fingerprint density at radius 2 is 1.81 bits per heavy atom. The number of likely N-dealkylation sites (N-methyl/N-ethyl adjacent to an activating group) is 1. The number of aromatic amines is 1. The van der Waals surface area contributed by atoms with Gasteiger partial charge in [-0.05, 0) is 51.4 Å². The van der Waals surface area contributed by atoms with Crippen molar-refractivity contribution >= 4 is 5.91 Å². The molecule has 144 valence electrons. The van der Waals surface area contributed by atoms with Gasteiger partial charge in [-0.3, -0.25) is 9.69 Å². The SMILES string of the molecule is CN1CCCC[C@H]1C(=O)N1CCC(c2n[nH]c(=O)n2-c2ccccc2)CC1. The summed E-state index contributed by atoms with van der Waals surface area (Å²) in [5, 5.41) is 6.90. The van der Waals surface area contributed by atoms with Crippen LogP contribution in [0.3, 0.4) is 0 Å². The van der Waals surface area contributed by atoms with Gasteiger partial charge >= 0.3 is 5.69 Å².